The van der Waals surface area contributed by atoms with Crippen LogP contribution in [-0.4, -0.2) is 16.2 Å². The summed E-state index contributed by atoms with van der Waals surface area (Å²) >= 11 is 1.59. The van der Waals surface area contributed by atoms with Crippen molar-refractivity contribution in [3.63, 3.8) is 0 Å². The van der Waals surface area contributed by atoms with Crippen LogP contribution in [0.25, 0.3) is 0 Å². The fourth-order valence-electron chi connectivity index (χ4n) is 0.449. The van der Waals surface area contributed by atoms with E-state index in [2.05, 4.69) is 16.2 Å². The lowest BCUT2D eigenvalue weighted by molar-refractivity contribution is 1.04. The first-order valence-electron chi connectivity index (χ1n) is 2.31. The van der Waals surface area contributed by atoms with Gasteiger partial charge >= 0.3 is 0 Å². The average molecular weight is 127 g/mol. The fourth-order valence-corrected chi connectivity index (χ4v) is 0.830. The molecule has 1 aromatic heterocycles. The van der Waals surface area contributed by atoms with E-state index in [0.29, 0.717) is 0 Å². The summed E-state index contributed by atoms with van der Waals surface area (Å²) in [6.07, 6.45) is 4.84. The van der Waals surface area contributed by atoms with Gasteiger partial charge in [0.2, 0.25) is 0 Å². The number of nitrogens with one attached hydrogen (secondary N) is 1. The van der Waals surface area contributed by atoms with Crippen LogP contribution in [0.1, 0.15) is 5.69 Å². The molecule has 0 saturated carbocycles. The van der Waals surface area contributed by atoms with E-state index in [-0.39, 0.29) is 0 Å². The van der Waals surface area contributed by atoms with E-state index < -0.39 is 0 Å². The molecule has 2 nitrogen and oxygen atoms in total. The molecule has 0 unspecified atom stereocenters. The molecule has 1 heterocycles. The van der Waals surface area contributed by atoms with E-state index in [1.807, 2.05) is 13.2 Å². The van der Waals surface area contributed by atoms with Gasteiger partial charge in [-0.2, -0.15) is 0 Å². The zero-order chi connectivity index (χ0) is 5.98. The Hall–Kier alpha value is -0.440. The van der Waals surface area contributed by atoms with E-state index >= 15 is 0 Å². The zero-order valence-electron chi connectivity index (χ0n) is 4.86. The van der Waals surface area contributed by atoms with Gasteiger partial charge in [-0.3, -0.25) is 0 Å². The molecule has 0 saturated heterocycles. The number of H-pyrrole nitrogens is 1. The second-order valence-electron chi connectivity index (χ2n) is 1.46. The standard InChI is InChI=1S/C5H7N2S/c1-4-3-6-5(7-4)8-2/h1-2H3,(H,6,7). The van der Waals surface area contributed by atoms with Crippen LogP contribution in [0.5, 0.6) is 0 Å². The minimum Gasteiger partial charge on any atom is -0.331 e. The Bertz CT molecular complexity index is 171. The fraction of sp³-hybridized carbons (Fsp3) is 0.400. The van der Waals surface area contributed by atoms with E-state index in [1.165, 1.54) is 0 Å². The maximum absolute atomic E-state index is 4.08. The number of hydrogen-bond donors (Lipinski definition) is 1. The van der Waals surface area contributed by atoms with Crippen LogP contribution in [0.3, 0.4) is 0 Å². The summed E-state index contributed by atoms with van der Waals surface area (Å²) in [5.74, 6) is 0. The molecule has 0 atom stereocenters. The summed E-state index contributed by atoms with van der Waals surface area (Å²) < 4.78 is 0. The van der Waals surface area contributed by atoms with E-state index in [0.717, 1.165) is 10.9 Å². The van der Waals surface area contributed by atoms with Gasteiger partial charge in [-0.1, -0.05) is 11.8 Å². The number of thioether (sulfide) groups is 1. The van der Waals surface area contributed by atoms with Gasteiger partial charge in [-0.25, -0.2) is 4.98 Å². The smallest absolute Gasteiger partial charge is 0.165 e. The number of nitrogens with zero attached hydrogens (tertiary/aromatic N) is 1. The Morgan fingerprint density at radius 1 is 1.75 bits per heavy atom. The zero-order valence-corrected chi connectivity index (χ0v) is 5.67. The summed E-state index contributed by atoms with van der Waals surface area (Å²) in [6, 6.07) is 0. The number of imidazole rings is 1. The summed E-state index contributed by atoms with van der Waals surface area (Å²) in [5.41, 5.74) is 0.925. The van der Waals surface area contributed by atoms with Crippen molar-refractivity contribution in [3.8, 4) is 0 Å². The molecule has 8 heavy (non-hydrogen) atoms. The molecule has 1 radical (unpaired) electrons. The van der Waals surface area contributed by atoms with Crippen molar-refractivity contribution in [3.05, 3.63) is 11.9 Å². The third-order valence-electron chi connectivity index (χ3n) is 0.813. The second-order valence-corrected chi connectivity index (χ2v) is 2.25. The van der Waals surface area contributed by atoms with Crippen LogP contribution in [-0.2, 0) is 0 Å². The van der Waals surface area contributed by atoms with E-state index in [1.54, 1.807) is 11.8 Å². The van der Waals surface area contributed by atoms with Crippen molar-refractivity contribution in [1.82, 2.24) is 9.97 Å². The molecule has 0 bridgehead atoms. The van der Waals surface area contributed by atoms with Crippen molar-refractivity contribution in [2.75, 3.05) is 6.26 Å². The number of hydrogen-bond acceptors (Lipinski definition) is 2. The topological polar surface area (TPSA) is 28.7 Å². The van der Waals surface area contributed by atoms with Gasteiger partial charge in [-0.05, 0) is 13.2 Å². The highest BCUT2D eigenvalue weighted by molar-refractivity contribution is 7.98. The highest BCUT2D eigenvalue weighted by atomic mass is 32.2. The lowest BCUT2D eigenvalue weighted by Gasteiger charge is -1.80. The largest absolute Gasteiger partial charge is 0.331 e. The Labute approximate surface area is 52.7 Å². The average Bonchev–Trinajstić information content (AvgIpc) is 2.14. The first-order valence-corrected chi connectivity index (χ1v) is 3.53. The monoisotopic (exact) mass is 127 g/mol. The number of rotatable bonds is 1. The second kappa shape index (κ2) is 2.22. The molecule has 3 heteroatoms. The molecular weight excluding hydrogens is 120 g/mol. The molecule has 0 aliphatic heterocycles. The van der Waals surface area contributed by atoms with Crippen LogP contribution < -0.4 is 0 Å². The molecule has 43 valence electrons. The Balaban J connectivity index is 2.84. The third kappa shape index (κ3) is 1.04. The number of aromatic amines is 1. The van der Waals surface area contributed by atoms with Crippen LogP contribution in [0.2, 0.25) is 0 Å². The lowest BCUT2D eigenvalue weighted by atomic mass is 10.6. The van der Waals surface area contributed by atoms with Crippen LogP contribution in [0.15, 0.2) is 5.16 Å². The quantitative estimate of drug-likeness (QED) is 0.575. The van der Waals surface area contributed by atoms with Gasteiger partial charge in [0.15, 0.2) is 5.16 Å². The van der Waals surface area contributed by atoms with Crippen LogP contribution >= 0.6 is 11.8 Å². The highest BCUT2D eigenvalue weighted by Gasteiger charge is 1.91. The van der Waals surface area contributed by atoms with Crippen LogP contribution in [0.4, 0.5) is 0 Å². The van der Waals surface area contributed by atoms with E-state index in [9.17, 15) is 0 Å². The number of aryl methyl sites for hydroxylation is 1. The molecule has 0 amide bonds. The SMILES string of the molecule is CSc1nc(C)[c][nH]1. The Kier molecular flexibility index (Phi) is 1.58. The normalized spacial score (nSPS) is 9.75. The molecule has 1 rings (SSSR count). The predicted octanol–water partition coefficient (Wildman–Crippen LogP) is 1.24. The molecule has 1 aromatic rings. The summed E-state index contributed by atoms with van der Waals surface area (Å²) in [4.78, 5) is 6.96. The van der Waals surface area contributed by atoms with Crippen molar-refractivity contribution in [2.45, 2.75) is 12.1 Å². The van der Waals surface area contributed by atoms with Crippen molar-refractivity contribution < 1.29 is 0 Å². The molecule has 0 aliphatic rings. The van der Waals surface area contributed by atoms with Gasteiger partial charge in [0.05, 0.1) is 11.9 Å². The Morgan fingerprint density at radius 3 is 2.75 bits per heavy atom. The molecule has 0 aromatic carbocycles. The van der Waals surface area contributed by atoms with Crippen LogP contribution in [0, 0.1) is 13.1 Å². The minimum absolute atomic E-state index is 0.925. The third-order valence-corrected chi connectivity index (χ3v) is 1.39. The van der Waals surface area contributed by atoms with Gasteiger partial charge in [0.25, 0.3) is 0 Å². The highest BCUT2D eigenvalue weighted by Crippen LogP contribution is 2.06. The minimum atomic E-state index is 0.925. The Morgan fingerprint density at radius 2 is 2.50 bits per heavy atom. The van der Waals surface area contributed by atoms with Crippen molar-refractivity contribution in [1.29, 1.82) is 0 Å². The van der Waals surface area contributed by atoms with Gasteiger partial charge in [-0.15, -0.1) is 0 Å². The maximum atomic E-state index is 4.08. The van der Waals surface area contributed by atoms with E-state index in [4.69, 9.17) is 0 Å². The molecule has 0 aliphatic carbocycles. The maximum Gasteiger partial charge on any atom is 0.165 e. The summed E-state index contributed by atoms with van der Waals surface area (Å²) in [7, 11) is 0. The van der Waals surface area contributed by atoms with Gasteiger partial charge in [0, 0.05) is 0 Å². The lowest BCUT2D eigenvalue weighted by Crippen LogP contribution is -1.69. The first kappa shape index (κ1) is 5.69. The molecule has 0 fully saturated rings. The summed E-state index contributed by atoms with van der Waals surface area (Å²) in [5, 5.41) is 0.933. The van der Waals surface area contributed by atoms with Gasteiger partial charge in [0.1, 0.15) is 0 Å². The molecule has 0 spiro atoms. The van der Waals surface area contributed by atoms with Gasteiger partial charge < -0.3 is 4.98 Å². The van der Waals surface area contributed by atoms with Crippen molar-refractivity contribution in [2.24, 2.45) is 0 Å². The predicted molar refractivity (Wildman–Crippen MR) is 33.9 cm³/mol. The number of aromatic nitrogens is 2. The molecule has 1 N–H and O–H groups in total. The first-order chi connectivity index (χ1) is 3.83. The molecular formula is C5H7N2S. The van der Waals surface area contributed by atoms with Crippen molar-refractivity contribution >= 4 is 11.8 Å². The summed E-state index contributed by atoms with van der Waals surface area (Å²) in [6.45, 7) is 1.91.